The molecule has 0 aliphatic rings. The zero-order valence-corrected chi connectivity index (χ0v) is 30.4. The summed E-state index contributed by atoms with van der Waals surface area (Å²) in [7, 11) is 1.70. The lowest BCUT2D eigenvalue weighted by molar-refractivity contribution is -0.124. The molecule has 0 fully saturated rings. The lowest BCUT2D eigenvalue weighted by Crippen LogP contribution is -2.55. The largest absolute Gasteiger partial charge is 0.443 e. The minimum absolute atomic E-state index is 0.128. The first-order valence-corrected chi connectivity index (χ1v) is 18.2. The van der Waals surface area contributed by atoms with Gasteiger partial charge in [0.15, 0.2) is 0 Å². The number of nitrogens with one attached hydrogen (secondary N) is 3. The predicted molar refractivity (Wildman–Crippen MR) is 194 cm³/mol. The van der Waals surface area contributed by atoms with Crippen LogP contribution in [0.4, 0.5) is 9.59 Å². The Morgan fingerprint density at radius 2 is 1.59 bits per heavy atom. The number of urea groups is 1. The van der Waals surface area contributed by atoms with Crippen LogP contribution in [0.25, 0.3) is 0 Å². The molecule has 13 heteroatoms. The summed E-state index contributed by atoms with van der Waals surface area (Å²) in [4.78, 5) is 51.0. The summed E-state index contributed by atoms with van der Waals surface area (Å²) in [5, 5.41) is 11.0. The molecule has 2 aromatic heterocycles. The van der Waals surface area contributed by atoms with Crippen molar-refractivity contribution in [2.75, 3.05) is 13.6 Å². The van der Waals surface area contributed by atoms with Gasteiger partial charge in [-0.3, -0.25) is 15.2 Å². The topological polar surface area (TPSA) is 129 Å². The van der Waals surface area contributed by atoms with Gasteiger partial charge >= 0.3 is 12.1 Å². The summed E-state index contributed by atoms with van der Waals surface area (Å²) in [6, 6.07) is 18.4. The molecule has 0 saturated carbocycles. The number of thiazole rings is 2. The minimum atomic E-state index is -0.754. The Balaban J connectivity index is 1.43. The number of nitrogens with zero attached hydrogens (tertiary/aromatic N) is 4. The van der Waals surface area contributed by atoms with Crippen LogP contribution in [0.15, 0.2) is 77.8 Å². The molecule has 2 heterocycles. The van der Waals surface area contributed by atoms with Gasteiger partial charge in [0, 0.05) is 43.7 Å². The second kappa shape index (κ2) is 19.0. The van der Waals surface area contributed by atoms with E-state index < -0.39 is 12.1 Å². The van der Waals surface area contributed by atoms with Gasteiger partial charge < -0.3 is 20.3 Å². The van der Waals surface area contributed by atoms with Crippen molar-refractivity contribution in [2.24, 2.45) is 5.92 Å². The Morgan fingerprint density at radius 1 is 0.898 bits per heavy atom. The van der Waals surface area contributed by atoms with Gasteiger partial charge in [0.2, 0.25) is 5.91 Å². The van der Waals surface area contributed by atoms with Crippen molar-refractivity contribution in [3.8, 4) is 0 Å². The molecule has 0 saturated heterocycles. The third-order valence-corrected chi connectivity index (χ3v) is 9.70. The monoisotopic (exact) mass is 705 g/mol. The molecule has 11 nitrogen and oxygen atoms in total. The highest BCUT2D eigenvalue weighted by Gasteiger charge is 2.28. The maximum atomic E-state index is 13.8. The number of carbonyl (C=O) groups is 3. The summed E-state index contributed by atoms with van der Waals surface area (Å²) in [5.74, 6) is -0.106. The maximum absolute atomic E-state index is 13.8. The number of carbonyl (C=O) groups excluding carboxylic acids is 3. The molecule has 0 aliphatic heterocycles. The number of benzene rings is 2. The highest BCUT2D eigenvalue weighted by molar-refractivity contribution is 7.09. The number of aromatic nitrogens is 2. The molecule has 49 heavy (non-hydrogen) atoms. The quantitative estimate of drug-likeness (QED) is 0.109. The average Bonchev–Trinajstić information content (AvgIpc) is 3.78. The van der Waals surface area contributed by atoms with E-state index >= 15 is 0 Å². The van der Waals surface area contributed by atoms with Crippen molar-refractivity contribution in [3.63, 3.8) is 0 Å². The summed E-state index contributed by atoms with van der Waals surface area (Å²) in [6.45, 7) is 9.34. The first-order chi connectivity index (χ1) is 23.6. The summed E-state index contributed by atoms with van der Waals surface area (Å²) >= 11 is 3.00. The van der Waals surface area contributed by atoms with Gasteiger partial charge in [-0.2, -0.15) is 0 Å². The van der Waals surface area contributed by atoms with Crippen LogP contribution in [-0.2, 0) is 35.6 Å². The zero-order chi connectivity index (χ0) is 35.2. The predicted octanol–water partition coefficient (Wildman–Crippen LogP) is 6.35. The lowest BCUT2D eigenvalue weighted by atomic mass is 10.00. The maximum Gasteiger partial charge on any atom is 0.422 e. The van der Waals surface area contributed by atoms with Crippen LogP contribution in [0.5, 0.6) is 0 Å². The molecule has 0 bridgehead atoms. The first kappa shape index (κ1) is 37.5. The molecule has 4 rings (SSSR count). The third-order valence-electron chi connectivity index (χ3n) is 7.75. The lowest BCUT2D eigenvalue weighted by Gasteiger charge is -2.29. The fourth-order valence-electron chi connectivity index (χ4n) is 5.07. The number of hydrazine groups is 1. The first-order valence-electron chi connectivity index (χ1n) is 16.5. The standard InChI is InChI=1S/C36H47N7O4S2/c1-25(2)32(40-35(45)42(5)21-30-23-48-34(39-30)26(3)4)33(44)38-29(18-27-12-8-6-9-13-27)16-17-43(20-28-14-10-7-11-15-28)41-36(46)47-22-31-19-37-24-49-31/h6-15,19,23-26,29,32H,16-18,20-22H2,1-5H3,(H,38,44)(H,40,45)(H,41,46)/t29-,32+/m1/s1. The molecular weight excluding hydrogens is 659 g/mol. The van der Waals surface area contributed by atoms with Gasteiger partial charge in [-0.05, 0) is 29.9 Å². The van der Waals surface area contributed by atoms with Crippen molar-refractivity contribution >= 4 is 40.7 Å². The van der Waals surface area contributed by atoms with Crippen molar-refractivity contribution < 1.29 is 19.1 Å². The summed E-state index contributed by atoms with van der Waals surface area (Å²) in [6.07, 6.45) is 2.19. The number of rotatable bonds is 17. The SMILES string of the molecule is CC(C)c1nc(CN(C)C(=O)N[C@H](C(=O)N[C@H](CCN(Cc2ccccc2)NC(=O)OCc2cncs2)Cc2ccccc2)C(C)C)cs1. The summed E-state index contributed by atoms with van der Waals surface area (Å²) in [5.41, 5.74) is 7.47. The van der Waals surface area contributed by atoms with E-state index in [2.05, 4.69) is 39.9 Å². The van der Waals surface area contributed by atoms with Gasteiger partial charge in [0.05, 0.1) is 27.6 Å². The van der Waals surface area contributed by atoms with E-state index in [1.807, 2.05) is 79.9 Å². The van der Waals surface area contributed by atoms with Gasteiger partial charge in [0.1, 0.15) is 12.6 Å². The van der Waals surface area contributed by atoms with E-state index in [0.717, 1.165) is 26.7 Å². The number of amides is 4. The second-order valence-electron chi connectivity index (χ2n) is 12.6. The highest BCUT2D eigenvalue weighted by atomic mass is 32.1. The van der Waals surface area contributed by atoms with Crippen LogP contribution in [0.2, 0.25) is 0 Å². The Morgan fingerprint density at radius 3 is 2.20 bits per heavy atom. The fraction of sp³-hybridized carbons (Fsp3) is 0.417. The molecule has 0 spiro atoms. The highest BCUT2D eigenvalue weighted by Crippen LogP contribution is 2.20. The fourth-order valence-corrected chi connectivity index (χ4v) is 6.40. The van der Waals surface area contributed by atoms with E-state index in [4.69, 9.17) is 4.74 Å². The van der Waals surface area contributed by atoms with Crippen LogP contribution in [0.1, 0.15) is 66.7 Å². The van der Waals surface area contributed by atoms with Crippen LogP contribution in [-0.4, -0.2) is 63.6 Å². The van der Waals surface area contributed by atoms with Crippen LogP contribution in [0.3, 0.4) is 0 Å². The third kappa shape index (κ3) is 12.6. The van der Waals surface area contributed by atoms with E-state index in [0.29, 0.717) is 38.4 Å². The molecule has 0 aliphatic carbocycles. The van der Waals surface area contributed by atoms with Gasteiger partial charge in [0.25, 0.3) is 0 Å². The molecule has 0 radical (unpaired) electrons. The molecule has 262 valence electrons. The van der Waals surface area contributed by atoms with Gasteiger partial charge in [-0.1, -0.05) is 88.4 Å². The van der Waals surface area contributed by atoms with Crippen LogP contribution < -0.4 is 16.1 Å². The number of hydrogen-bond acceptors (Lipinski definition) is 9. The van der Waals surface area contributed by atoms with Gasteiger partial charge in [-0.25, -0.2) is 19.6 Å². The Hall–Kier alpha value is -4.33. The normalized spacial score (nSPS) is 12.5. The Kier molecular flexibility index (Phi) is 14.5. The van der Waals surface area contributed by atoms with E-state index in [-0.39, 0.29) is 30.5 Å². The van der Waals surface area contributed by atoms with Crippen molar-refractivity contribution in [2.45, 2.75) is 78.2 Å². The Bertz CT molecular complexity index is 1580. The second-order valence-corrected chi connectivity index (χ2v) is 14.5. The van der Waals surface area contributed by atoms with E-state index in [1.165, 1.54) is 11.3 Å². The molecular formula is C36H47N7O4S2. The van der Waals surface area contributed by atoms with Crippen LogP contribution >= 0.6 is 22.7 Å². The molecule has 2 aromatic carbocycles. The smallest absolute Gasteiger partial charge is 0.422 e. The molecule has 4 aromatic rings. The number of hydrogen-bond donors (Lipinski definition) is 3. The molecule has 4 amide bonds. The van der Waals surface area contributed by atoms with Crippen LogP contribution in [0, 0.1) is 5.92 Å². The average molecular weight is 706 g/mol. The minimum Gasteiger partial charge on any atom is -0.443 e. The molecule has 0 unspecified atom stereocenters. The van der Waals surface area contributed by atoms with Crippen molar-refractivity contribution in [3.05, 3.63) is 104 Å². The van der Waals surface area contributed by atoms with E-state index in [1.54, 1.807) is 40.0 Å². The Labute approximate surface area is 297 Å². The summed E-state index contributed by atoms with van der Waals surface area (Å²) < 4.78 is 5.45. The van der Waals surface area contributed by atoms with Crippen molar-refractivity contribution in [1.82, 2.24) is 35.9 Å². The van der Waals surface area contributed by atoms with E-state index in [9.17, 15) is 14.4 Å². The van der Waals surface area contributed by atoms with Crippen molar-refractivity contribution in [1.29, 1.82) is 0 Å². The number of ether oxygens (including phenoxy) is 1. The molecule has 2 atom stereocenters. The zero-order valence-electron chi connectivity index (χ0n) is 28.8. The van der Waals surface area contributed by atoms with Gasteiger partial charge in [-0.15, -0.1) is 22.7 Å². The molecule has 3 N–H and O–H groups in total.